The maximum atomic E-state index is 12.7. The van der Waals surface area contributed by atoms with E-state index in [1.165, 1.54) is 17.1 Å². The molecule has 0 spiro atoms. The molecule has 0 aliphatic carbocycles. The van der Waals surface area contributed by atoms with Gasteiger partial charge >= 0.3 is 0 Å². The third kappa shape index (κ3) is 2.89. The van der Waals surface area contributed by atoms with Crippen molar-refractivity contribution in [2.75, 3.05) is 13.1 Å². The molecule has 0 amide bonds. The highest BCUT2D eigenvalue weighted by atomic mass is 32.1. The monoisotopic (exact) mass is 364 g/mol. The second kappa shape index (κ2) is 6.45. The zero-order chi connectivity index (χ0) is 17.5. The molecule has 26 heavy (non-hydrogen) atoms. The van der Waals surface area contributed by atoms with E-state index in [4.69, 9.17) is 0 Å². The van der Waals surface area contributed by atoms with Crippen LogP contribution in [0.5, 0.6) is 0 Å². The minimum absolute atomic E-state index is 0.115. The van der Waals surface area contributed by atoms with Crippen LogP contribution in [0.15, 0.2) is 53.0 Å². The van der Waals surface area contributed by atoms with Crippen molar-refractivity contribution in [3.8, 4) is 11.1 Å². The van der Waals surface area contributed by atoms with Crippen molar-refractivity contribution in [1.29, 1.82) is 0 Å². The van der Waals surface area contributed by atoms with Gasteiger partial charge in [0.15, 0.2) is 0 Å². The van der Waals surface area contributed by atoms with Crippen molar-refractivity contribution >= 4 is 11.3 Å². The molecule has 1 fully saturated rings. The molecule has 0 unspecified atom stereocenters. The molecule has 5 heterocycles. The lowest BCUT2D eigenvalue weighted by atomic mass is 9.82. The van der Waals surface area contributed by atoms with Gasteiger partial charge in [-0.1, -0.05) is 6.07 Å². The number of hydrogen-bond acceptors (Lipinski definition) is 5. The lowest BCUT2D eigenvalue weighted by Crippen LogP contribution is -2.46. The first kappa shape index (κ1) is 15.9. The maximum absolute atomic E-state index is 12.7. The summed E-state index contributed by atoms with van der Waals surface area (Å²) in [5, 5.41) is 3.21. The van der Waals surface area contributed by atoms with E-state index < -0.39 is 0 Å². The van der Waals surface area contributed by atoms with Gasteiger partial charge in [-0.3, -0.25) is 14.7 Å². The van der Waals surface area contributed by atoms with Gasteiger partial charge in [0.05, 0.1) is 6.54 Å². The molecule has 2 bridgehead atoms. The fraction of sp³-hybridized carbons (Fsp3) is 0.350. The molecule has 5 nitrogen and oxygen atoms in total. The Bertz CT molecular complexity index is 967. The molecule has 5 rings (SSSR count). The number of nitrogens with zero attached hydrogens (tertiary/aromatic N) is 4. The zero-order valence-electron chi connectivity index (χ0n) is 14.4. The van der Waals surface area contributed by atoms with Gasteiger partial charge in [0.1, 0.15) is 5.01 Å². The Kier molecular flexibility index (Phi) is 3.94. The number of piperidine rings is 1. The summed E-state index contributed by atoms with van der Waals surface area (Å²) in [6.07, 6.45) is 6.63. The van der Waals surface area contributed by atoms with Crippen LogP contribution in [-0.2, 0) is 13.1 Å². The van der Waals surface area contributed by atoms with Crippen molar-refractivity contribution in [2.24, 2.45) is 5.92 Å². The van der Waals surface area contributed by atoms with Gasteiger partial charge in [-0.25, -0.2) is 4.98 Å². The first-order chi connectivity index (χ1) is 12.8. The number of fused-ring (bicyclic) bond motifs is 4. The smallest absolute Gasteiger partial charge is 0.251 e. The van der Waals surface area contributed by atoms with E-state index in [-0.39, 0.29) is 5.56 Å². The fourth-order valence-electron chi connectivity index (χ4n) is 4.41. The van der Waals surface area contributed by atoms with Gasteiger partial charge in [0.2, 0.25) is 0 Å². The van der Waals surface area contributed by atoms with Crippen molar-refractivity contribution < 1.29 is 0 Å². The van der Waals surface area contributed by atoms with Crippen LogP contribution in [0, 0.1) is 5.92 Å². The van der Waals surface area contributed by atoms with E-state index >= 15 is 0 Å². The Balaban J connectivity index is 1.48. The summed E-state index contributed by atoms with van der Waals surface area (Å²) < 4.78 is 2.00. The van der Waals surface area contributed by atoms with Crippen molar-refractivity contribution in [2.45, 2.75) is 25.4 Å². The predicted octanol–water partition coefficient (Wildman–Crippen LogP) is 2.99. The Morgan fingerprint density at radius 1 is 1.15 bits per heavy atom. The fourth-order valence-corrected chi connectivity index (χ4v) is 5.07. The Morgan fingerprint density at radius 3 is 2.92 bits per heavy atom. The third-order valence-corrected chi connectivity index (χ3v) is 6.23. The maximum Gasteiger partial charge on any atom is 0.251 e. The van der Waals surface area contributed by atoms with Crippen molar-refractivity contribution in [1.82, 2.24) is 19.4 Å². The molecule has 3 aromatic rings. The molecule has 0 N–H and O–H groups in total. The lowest BCUT2D eigenvalue weighted by Gasteiger charge is -2.42. The average Bonchev–Trinajstić information content (AvgIpc) is 3.16. The zero-order valence-corrected chi connectivity index (χ0v) is 15.2. The molecule has 2 atom stereocenters. The predicted molar refractivity (Wildman–Crippen MR) is 102 cm³/mol. The van der Waals surface area contributed by atoms with Crippen LogP contribution in [0.25, 0.3) is 11.1 Å². The number of thiazole rings is 1. The van der Waals surface area contributed by atoms with Crippen LogP contribution in [0.1, 0.15) is 23.0 Å². The summed E-state index contributed by atoms with van der Waals surface area (Å²) in [6.45, 7) is 3.78. The molecule has 132 valence electrons. The minimum atomic E-state index is 0.115. The van der Waals surface area contributed by atoms with E-state index in [9.17, 15) is 4.79 Å². The molecule has 0 saturated carbocycles. The highest BCUT2D eigenvalue weighted by Gasteiger charge is 2.35. The first-order valence-corrected chi connectivity index (χ1v) is 9.90. The molecule has 6 heteroatoms. The number of rotatable bonds is 3. The van der Waals surface area contributed by atoms with Crippen LogP contribution in [0.3, 0.4) is 0 Å². The van der Waals surface area contributed by atoms with Gasteiger partial charge < -0.3 is 4.57 Å². The van der Waals surface area contributed by atoms with Gasteiger partial charge in [0, 0.05) is 66.8 Å². The third-order valence-electron chi connectivity index (χ3n) is 5.47. The summed E-state index contributed by atoms with van der Waals surface area (Å²) in [4.78, 5) is 23.9. The summed E-state index contributed by atoms with van der Waals surface area (Å²) in [5.41, 5.74) is 3.27. The normalized spacial score (nSPS) is 22.2. The van der Waals surface area contributed by atoms with E-state index in [1.807, 2.05) is 34.5 Å². The Hall–Kier alpha value is -2.31. The van der Waals surface area contributed by atoms with Gasteiger partial charge in [0.25, 0.3) is 5.56 Å². The van der Waals surface area contributed by atoms with Crippen LogP contribution >= 0.6 is 11.3 Å². The van der Waals surface area contributed by atoms with E-state index in [1.54, 1.807) is 23.6 Å². The molecule has 3 aromatic heterocycles. The van der Waals surface area contributed by atoms with Crippen LogP contribution in [0.4, 0.5) is 0 Å². The highest BCUT2D eigenvalue weighted by Crippen LogP contribution is 2.37. The second-order valence-electron chi connectivity index (χ2n) is 7.28. The molecule has 0 radical (unpaired) electrons. The first-order valence-electron chi connectivity index (χ1n) is 9.02. The Labute approximate surface area is 156 Å². The van der Waals surface area contributed by atoms with Crippen LogP contribution < -0.4 is 5.56 Å². The van der Waals surface area contributed by atoms with Gasteiger partial charge in [-0.15, -0.1) is 11.3 Å². The molecular formula is C20H20N4OS. The van der Waals surface area contributed by atoms with Gasteiger partial charge in [-0.2, -0.15) is 0 Å². The van der Waals surface area contributed by atoms with Crippen molar-refractivity contribution in [3.05, 3.63) is 69.3 Å². The molecule has 2 aliphatic rings. The van der Waals surface area contributed by atoms with E-state index in [0.29, 0.717) is 11.8 Å². The molecule has 0 aromatic carbocycles. The largest absolute Gasteiger partial charge is 0.312 e. The Morgan fingerprint density at radius 2 is 2.12 bits per heavy atom. The van der Waals surface area contributed by atoms with E-state index in [2.05, 4.69) is 20.9 Å². The molecule has 1 saturated heterocycles. The second-order valence-corrected chi connectivity index (χ2v) is 8.26. The minimum Gasteiger partial charge on any atom is -0.312 e. The highest BCUT2D eigenvalue weighted by molar-refractivity contribution is 7.09. The van der Waals surface area contributed by atoms with Gasteiger partial charge in [-0.05, 0) is 30.0 Å². The molecular weight excluding hydrogens is 344 g/mol. The molecule has 2 aliphatic heterocycles. The van der Waals surface area contributed by atoms with Crippen molar-refractivity contribution in [3.63, 3.8) is 0 Å². The quantitative estimate of drug-likeness (QED) is 0.717. The number of aromatic nitrogens is 3. The lowest BCUT2D eigenvalue weighted by molar-refractivity contribution is 0.114. The number of hydrogen-bond donors (Lipinski definition) is 0. The van der Waals surface area contributed by atoms with Crippen LogP contribution in [-0.4, -0.2) is 32.5 Å². The summed E-state index contributed by atoms with van der Waals surface area (Å²) in [7, 11) is 0. The summed E-state index contributed by atoms with van der Waals surface area (Å²) >= 11 is 1.72. The summed E-state index contributed by atoms with van der Waals surface area (Å²) in [6, 6.07) is 7.89. The number of likely N-dealkylation sites (tertiary alicyclic amines) is 1. The summed E-state index contributed by atoms with van der Waals surface area (Å²) in [5.74, 6) is 0.954. The van der Waals surface area contributed by atoms with E-state index in [0.717, 1.165) is 37.3 Å². The topological polar surface area (TPSA) is 51.0 Å². The van der Waals surface area contributed by atoms with Crippen LogP contribution in [0.2, 0.25) is 0 Å². The average molecular weight is 364 g/mol. The SMILES string of the molecule is O=c1cc(-c2cccnc2)cc2n1C[C@H]1C[C@@H]2CN(Cc2nccs2)C1. The number of pyridine rings is 2. The standard InChI is InChI=1S/C20H20N4OS/c25-20-8-16(15-2-1-3-21-9-15)7-18-17-6-14(11-24(18)20)10-23(12-17)13-19-22-4-5-26-19/h1-5,7-9,14,17H,6,10-13H2/t14-,17+/m0/s1.